The van der Waals surface area contributed by atoms with Crippen molar-refractivity contribution in [1.29, 1.82) is 0 Å². The van der Waals surface area contributed by atoms with Crippen LogP contribution < -0.4 is 24.6 Å². The number of methoxy groups -OCH3 is 2. The van der Waals surface area contributed by atoms with E-state index in [1.54, 1.807) is 14.2 Å². The first kappa shape index (κ1) is 19.0. The molecule has 144 valence electrons. The third-order valence-corrected chi connectivity index (χ3v) is 4.95. The molecule has 3 rings (SSSR count). The van der Waals surface area contributed by atoms with Gasteiger partial charge in [0.05, 0.1) is 46.1 Å². The number of amides is 1. The van der Waals surface area contributed by atoms with Gasteiger partial charge < -0.3 is 24.6 Å². The van der Waals surface area contributed by atoms with Crippen molar-refractivity contribution in [3.63, 3.8) is 0 Å². The number of ether oxygens (including phenoxy) is 2. The fourth-order valence-electron chi connectivity index (χ4n) is 3.39. The fourth-order valence-corrected chi connectivity index (χ4v) is 3.39. The van der Waals surface area contributed by atoms with Crippen molar-refractivity contribution in [3.05, 3.63) is 48.0 Å². The molecule has 2 N–H and O–H groups in total. The van der Waals surface area contributed by atoms with E-state index < -0.39 is 0 Å². The van der Waals surface area contributed by atoms with Gasteiger partial charge in [-0.3, -0.25) is 4.79 Å². The maximum absolute atomic E-state index is 12.5. The number of benzene rings is 2. The number of nitrogens with one attached hydrogen (secondary N) is 2. The quantitative estimate of drug-likeness (QED) is 0.806. The van der Waals surface area contributed by atoms with Crippen molar-refractivity contribution >= 4 is 17.3 Å². The topological polar surface area (TPSA) is 55.2 Å². The zero-order chi connectivity index (χ0) is 19.2. The molecule has 1 saturated heterocycles. The summed E-state index contributed by atoms with van der Waals surface area (Å²) in [7, 11) is 3.29. The van der Waals surface area contributed by atoms with Gasteiger partial charge >= 0.3 is 0 Å². The highest BCUT2D eigenvalue weighted by Crippen LogP contribution is 2.25. The van der Waals surface area contributed by atoms with E-state index in [0.717, 1.165) is 43.2 Å². The molecule has 2 aromatic carbocycles. The molecule has 0 atom stereocenters. The first-order chi connectivity index (χ1) is 13.1. The number of carbonyl (C=O) groups excluding carboxylic acids is 1. The summed E-state index contributed by atoms with van der Waals surface area (Å²) in [6, 6.07) is 13.9. The Balaban J connectivity index is 1.51. The van der Waals surface area contributed by atoms with Gasteiger partial charge in [-0.15, -0.1) is 0 Å². The van der Waals surface area contributed by atoms with E-state index in [-0.39, 0.29) is 5.91 Å². The molecule has 1 aliphatic rings. The number of aryl methyl sites for hydroxylation is 1. The van der Waals surface area contributed by atoms with Crippen LogP contribution in [0.15, 0.2) is 42.5 Å². The average molecular weight is 370 g/mol. The standard InChI is InChI=1S/C21H27N3O3/c1-16-4-9-20(27-3)19(14-16)22-21(25)15-23-10-12-24(13-11-23)17-5-7-18(26-2)8-6-17/h4-9,14H,10-13,15H2,1-3H3,(H,22,25)/p+1. The molecule has 1 amide bonds. The summed E-state index contributed by atoms with van der Waals surface area (Å²) in [4.78, 5) is 16.1. The molecular formula is C21H28N3O3+. The van der Waals surface area contributed by atoms with Crippen LogP contribution in [0.2, 0.25) is 0 Å². The van der Waals surface area contributed by atoms with Crippen LogP contribution >= 0.6 is 0 Å². The summed E-state index contributed by atoms with van der Waals surface area (Å²) < 4.78 is 10.5. The van der Waals surface area contributed by atoms with E-state index in [1.807, 2.05) is 37.3 Å². The van der Waals surface area contributed by atoms with Crippen LogP contribution in [-0.2, 0) is 4.79 Å². The minimum Gasteiger partial charge on any atom is -0.497 e. The molecule has 0 radical (unpaired) electrons. The van der Waals surface area contributed by atoms with Crippen LogP contribution in [-0.4, -0.2) is 52.9 Å². The van der Waals surface area contributed by atoms with E-state index >= 15 is 0 Å². The second-order valence-electron chi connectivity index (χ2n) is 6.86. The second kappa shape index (κ2) is 8.77. The molecule has 2 aromatic rings. The number of nitrogens with zero attached hydrogens (tertiary/aromatic N) is 1. The number of hydrogen-bond donors (Lipinski definition) is 2. The van der Waals surface area contributed by atoms with E-state index in [4.69, 9.17) is 9.47 Å². The summed E-state index contributed by atoms with van der Waals surface area (Å²) in [5.41, 5.74) is 3.02. The van der Waals surface area contributed by atoms with Crippen molar-refractivity contribution in [1.82, 2.24) is 0 Å². The highest BCUT2D eigenvalue weighted by atomic mass is 16.5. The van der Waals surface area contributed by atoms with Crippen LogP contribution in [0.1, 0.15) is 5.56 Å². The number of hydrogen-bond acceptors (Lipinski definition) is 4. The summed E-state index contributed by atoms with van der Waals surface area (Å²) >= 11 is 0. The van der Waals surface area contributed by atoms with Gasteiger partial charge in [0.25, 0.3) is 5.91 Å². The fraction of sp³-hybridized carbons (Fsp3) is 0.381. The highest BCUT2D eigenvalue weighted by molar-refractivity contribution is 5.93. The molecule has 0 unspecified atom stereocenters. The van der Waals surface area contributed by atoms with Gasteiger partial charge in [-0.25, -0.2) is 0 Å². The molecule has 0 spiro atoms. The van der Waals surface area contributed by atoms with Gasteiger partial charge in [-0.2, -0.15) is 0 Å². The van der Waals surface area contributed by atoms with Crippen LogP contribution in [0.5, 0.6) is 11.5 Å². The lowest BCUT2D eigenvalue weighted by atomic mass is 10.2. The molecule has 0 saturated carbocycles. The lowest BCUT2D eigenvalue weighted by molar-refractivity contribution is -0.892. The molecule has 6 heteroatoms. The van der Waals surface area contributed by atoms with E-state index in [9.17, 15) is 4.79 Å². The molecule has 1 fully saturated rings. The van der Waals surface area contributed by atoms with Crippen LogP contribution in [0.4, 0.5) is 11.4 Å². The van der Waals surface area contributed by atoms with Crippen molar-refractivity contribution in [3.8, 4) is 11.5 Å². The Morgan fingerprint density at radius 3 is 2.41 bits per heavy atom. The van der Waals surface area contributed by atoms with Crippen LogP contribution in [0.3, 0.4) is 0 Å². The zero-order valence-electron chi connectivity index (χ0n) is 16.2. The van der Waals surface area contributed by atoms with E-state index in [1.165, 1.54) is 10.6 Å². The third-order valence-electron chi connectivity index (χ3n) is 4.95. The number of carbonyl (C=O) groups is 1. The van der Waals surface area contributed by atoms with Gasteiger partial charge in [-0.1, -0.05) is 6.07 Å². The predicted molar refractivity (Wildman–Crippen MR) is 107 cm³/mol. The van der Waals surface area contributed by atoms with E-state index in [0.29, 0.717) is 12.3 Å². The minimum atomic E-state index is 0.0202. The van der Waals surface area contributed by atoms with Crippen molar-refractivity contribution in [2.24, 2.45) is 0 Å². The van der Waals surface area contributed by atoms with Gasteiger partial charge in [0.15, 0.2) is 6.54 Å². The highest BCUT2D eigenvalue weighted by Gasteiger charge is 2.22. The van der Waals surface area contributed by atoms with Crippen molar-refractivity contribution < 1.29 is 19.2 Å². The van der Waals surface area contributed by atoms with Gasteiger partial charge in [0, 0.05) is 5.69 Å². The molecule has 6 nitrogen and oxygen atoms in total. The second-order valence-corrected chi connectivity index (χ2v) is 6.86. The largest absolute Gasteiger partial charge is 0.497 e. The molecule has 1 aliphatic heterocycles. The minimum absolute atomic E-state index is 0.0202. The lowest BCUT2D eigenvalue weighted by Gasteiger charge is -2.33. The molecule has 1 heterocycles. The SMILES string of the molecule is COc1ccc(N2CC[NH+](CC(=O)Nc3cc(C)ccc3OC)CC2)cc1. The Morgan fingerprint density at radius 2 is 1.78 bits per heavy atom. The number of quaternary nitrogens is 1. The smallest absolute Gasteiger partial charge is 0.279 e. The normalized spacial score (nSPS) is 14.7. The molecule has 0 aromatic heterocycles. The number of rotatable bonds is 6. The maximum Gasteiger partial charge on any atom is 0.279 e. The lowest BCUT2D eigenvalue weighted by Crippen LogP contribution is -3.15. The number of anilines is 2. The maximum atomic E-state index is 12.5. The Morgan fingerprint density at radius 1 is 1.07 bits per heavy atom. The monoisotopic (exact) mass is 370 g/mol. The summed E-state index contributed by atoms with van der Waals surface area (Å²) in [5.74, 6) is 1.58. The predicted octanol–water partition coefficient (Wildman–Crippen LogP) is 1.36. The van der Waals surface area contributed by atoms with Gasteiger partial charge in [-0.05, 0) is 48.9 Å². The van der Waals surface area contributed by atoms with Crippen molar-refractivity contribution in [2.45, 2.75) is 6.92 Å². The Hall–Kier alpha value is -2.73. The molecular weight excluding hydrogens is 342 g/mol. The molecule has 0 bridgehead atoms. The first-order valence-electron chi connectivity index (χ1n) is 9.26. The Bertz CT molecular complexity index is 769. The van der Waals surface area contributed by atoms with Gasteiger partial charge in [0.2, 0.25) is 0 Å². The van der Waals surface area contributed by atoms with Crippen LogP contribution in [0.25, 0.3) is 0 Å². The molecule has 27 heavy (non-hydrogen) atoms. The van der Waals surface area contributed by atoms with Crippen molar-refractivity contribution in [2.75, 3.05) is 57.2 Å². The Kier molecular flexibility index (Phi) is 6.19. The third kappa shape index (κ3) is 4.92. The summed E-state index contributed by atoms with van der Waals surface area (Å²) in [6.45, 7) is 6.20. The first-order valence-corrected chi connectivity index (χ1v) is 9.26. The summed E-state index contributed by atoms with van der Waals surface area (Å²) in [5, 5.41) is 2.99. The number of piperazine rings is 1. The van der Waals surface area contributed by atoms with E-state index in [2.05, 4.69) is 22.3 Å². The summed E-state index contributed by atoms with van der Waals surface area (Å²) in [6.07, 6.45) is 0. The van der Waals surface area contributed by atoms with Gasteiger partial charge in [0.1, 0.15) is 11.5 Å². The Labute approximate surface area is 160 Å². The van der Waals surface area contributed by atoms with Crippen LogP contribution in [0, 0.1) is 6.92 Å². The zero-order valence-corrected chi connectivity index (χ0v) is 16.2. The average Bonchev–Trinajstić information content (AvgIpc) is 2.69. The molecule has 0 aliphatic carbocycles.